The Bertz CT molecular complexity index is 614. The second-order valence-corrected chi connectivity index (χ2v) is 6.01. The summed E-state index contributed by atoms with van der Waals surface area (Å²) < 4.78 is 1.93. The summed E-state index contributed by atoms with van der Waals surface area (Å²) in [5.41, 5.74) is 2.49. The second kappa shape index (κ2) is 9.75. The molecule has 0 radical (unpaired) electrons. The molecule has 0 atom stereocenters. The fourth-order valence-corrected chi connectivity index (χ4v) is 2.64. The van der Waals surface area contributed by atoms with Crippen LogP contribution in [0.3, 0.4) is 0 Å². The maximum atomic E-state index is 4.31. The Morgan fingerprint density at radius 1 is 1.17 bits per heavy atom. The van der Waals surface area contributed by atoms with Crippen molar-refractivity contribution < 1.29 is 0 Å². The van der Waals surface area contributed by atoms with E-state index in [0.29, 0.717) is 5.92 Å². The Hall–Kier alpha value is -2.30. The summed E-state index contributed by atoms with van der Waals surface area (Å²) >= 11 is 0. The third-order valence-corrected chi connectivity index (χ3v) is 4.29. The molecule has 0 saturated carbocycles. The van der Waals surface area contributed by atoms with Crippen LogP contribution in [0.1, 0.15) is 37.8 Å². The molecule has 0 bridgehead atoms. The Morgan fingerprint density at radius 3 is 2.62 bits per heavy atom. The van der Waals surface area contributed by atoms with E-state index in [4.69, 9.17) is 0 Å². The van der Waals surface area contributed by atoms with E-state index in [9.17, 15) is 0 Å². The van der Waals surface area contributed by atoms with Gasteiger partial charge in [-0.3, -0.25) is 9.67 Å². The Balaban J connectivity index is 1.86. The summed E-state index contributed by atoms with van der Waals surface area (Å²) in [6.45, 7) is 6.98. The molecule has 0 aliphatic heterocycles. The van der Waals surface area contributed by atoms with Gasteiger partial charge in [0.1, 0.15) is 0 Å². The van der Waals surface area contributed by atoms with Crippen LogP contribution < -0.4 is 10.6 Å². The Morgan fingerprint density at radius 2 is 1.96 bits per heavy atom. The third-order valence-electron chi connectivity index (χ3n) is 4.29. The van der Waals surface area contributed by atoms with E-state index < -0.39 is 0 Å². The van der Waals surface area contributed by atoms with Crippen molar-refractivity contribution >= 4 is 5.96 Å². The highest BCUT2D eigenvalue weighted by molar-refractivity contribution is 5.79. The molecule has 0 fully saturated rings. The van der Waals surface area contributed by atoms with Gasteiger partial charge < -0.3 is 10.6 Å². The third kappa shape index (κ3) is 5.72. The quantitative estimate of drug-likeness (QED) is 0.579. The number of rotatable bonds is 8. The molecule has 2 aromatic rings. The predicted molar refractivity (Wildman–Crippen MR) is 100 cm³/mol. The molecule has 130 valence electrons. The van der Waals surface area contributed by atoms with Crippen molar-refractivity contribution in [2.24, 2.45) is 10.9 Å². The van der Waals surface area contributed by atoms with Crippen LogP contribution in [0.4, 0.5) is 0 Å². The molecule has 5 nitrogen and oxygen atoms in total. The van der Waals surface area contributed by atoms with Crippen molar-refractivity contribution in [2.75, 3.05) is 13.6 Å². The first-order valence-corrected chi connectivity index (χ1v) is 8.74. The molecule has 0 unspecified atom stereocenters. The monoisotopic (exact) mass is 327 g/mol. The van der Waals surface area contributed by atoms with Gasteiger partial charge in [-0.05, 0) is 23.1 Å². The highest BCUT2D eigenvalue weighted by Gasteiger charge is 2.05. The topological polar surface area (TPSA) is 54.2 Å². The number of nitrogens with one attached hydrogen (secondary N) is 2. The molecule has 1 aromatic heterocycles. The van der Waals surface area contributed by atoms with Crippen molar-refractivity contribution in [1.82, 2.24) is 20.4 Å². The van der Waals surface area contributed by atoms with Gasteiger partial charge in [0.15, 0.2) is 5.96 Å². The molecule has 0 saturated heterocycles. The number of aliphatic imine (C=N–C) groups is 1. The first kappa shape index (κ1) is 18.0. The zero-order valence-electron chi connectivity index (χ0n) is 15.0. The standard InChI is InChI=1S/C19H29N5/c1-4-16(5-2)13-21-19(20-3)22-14-17-8-6-9-18(12-17)15-24-11-7-10-23-24/h6-12,16H,4-5,13-15H2,1-3H3,(H2,20,21,22). The average Bonchev–Trinajstić information content (AvgIpc) is 3.11. The lowest BCUT2D eigenvalue weighted by Crippen LogP contribution is -2.39. The van der Waals surface area contributed by atoms with Crippen LogP contribution in [0.25, 0.3) is 0 Å². The Kier molecular flexibility index (Phi) is 7.33. The summed E-state index contributed by atoms with van der Waals surface area (Å²) in [4.78, 5) is 4.31. The van der Waals surface area contributed by atoms with Gasteiger partial charge in [0.05, 0.1) is 6.54 Å². The van der Waals surface area contributed by atoms with Gasteiger partial charge >= 0.3 is 0 Å². The lowest BCUT2D eigenvalue weighted by molar-refractivity contribution is 0.481. The summed E-state index contributed by atoms with van der Waals surface area (Å²) in [5, 5.41) is 11.1. The average molecular weight is 327 g/mol. The molecule has 1 heterocycles. The zero-order valence-corrected chi connectivity index (χ0v) is 15.0. The number of aromatic nitrogens is 2. The molecule has 2 N–H and O–H groups in total. The molecule has 2 rings (SSSR count). The first-order chi connectivity index (χ1) is 11.7. The van der Waals surface area contributed by atoms with Gasteiger partial charge in [-0.15, -0.1) is 0 Å². The number of hydrogen-bond acceptors (Lipinski definition) is 2. The van der Waals surface area contributed by atoms with Gasteiger partial charge in [-0.2, -0.15) is 5.10 Å². The number of benzene rings is 1. The van der Waals surface area contributed by atoms with Gasteiger partial charge in [0.2, 0.25) is 0 Å². The van der Waals surface area contributed by atoms with E-state index in [2.05, 4.69) is 58.8 Å². The molecule has 0 amide bonds. The molecular weight excluding hydrogens is 298 g/mol. The van der Waals surface area contributed by atoms with Crippen molar-refractivity contribution in [3.05, 3.63) is 53.9 Å². The van der Waals surface area contributed by atoms with Crippen LogP contribution in [0, 0.1) is 5.92 Å². The van der Waals surface area contributed by atoms with Gasteiger partial charge in [-0.25, -0.2) is 0 Å². The summed E-state index contributed by atoms with van der Waals surface area (Å²) in [5.74, 6) is 1.56. The number of guanidine groups is 1. The lowest BCUT2D eigenvalue weighted by Gasteiger charge is -2.17. The molecular formula is C19H29N5. The minimum Gasteiger partial charge on any atom is -0.356 e. The highest BCUT2D eigenvalue weighted by Crippen LogP contribution is 2.07. The van der Waals surface area contributed by atoms with Gasteiger partial charge in [0, 0.05) is 32.5 Å². The minimum atomic E-state index is 0.695. The van der Waals surface area contributed by atoms with Crippen LogP contribution in [0.2, 0.25) is 0 Å². The minimum absolute atomic E-state index is 0.695. The van der Waals surface area contributed by atoms with E-state index in [1.54, 1.807) is 6.20 Å². The van der Waals surface area contributed by atoms with Crippen molar-refractivity contribution in [3.8, 4) is 0 Å². The van der Waals surface area contributed by atoms with Crippen LogP contribution in [-0.2, 0) is 13.1 Å². The van der Waals surface area contributed by atoms with Gasteiger partial charge in [0.25, 0.3) is 0 Å². The molecule has 5 heteroatoms. The van der Waals surface area contributed by atoms with E-state index in [-0.39, 0.29) is 0 Å². The molecule has 0 spiro atoms. The van der Waals surface area contributed by atoms with Crippen LogP contribution in [0.5, 0.6) is 0 Å². The second-order valence-electron chi connectivity index (χ2n) is 6.01. The SMILES string of the molecule is CCC(CC)CNC(=NC)NCc1cccc(Cn2cccn2)c1. The summed E-state index contributed by atoms with van der Waals surface area (Å²) in [7, 11) is 1.82. The smallest absolute Gasteiger partial charge is 0.191 e. The lowest BCUT2D eigenvalue weighted by atomic mass is 10.0. The Labute approximate surface area is 145 Å². The predicted octanol–water partition coefficient (Wildman–Crippen LogP) is 3.03. The highest BCUT2D eigenvalue weighted by atomic mass is 15.3. The molecule has 0 aliphatic rings. The van der Waals surface area contributed by atoms with Crippen LogP contribution >= 0.6 is 0 Å². The number of hydrogen-bond donors (Lipinski definition) is 2. The van der Waals surface area contributed by atoms with E-state index in [1.165, 1.54) is 24.0 Å². The van der Waals surface area contributed by atoms with E-state index in [1.807, 2.05) is 24.0 Å². The molecule has 0 aliphatic carbocycles. The van der Waals surface area contributed by atoms with Crippen molar-refractivity contribution in [1.29, 1.82) is 0 Å². The zero-order chi connectivity index (χ0) is 17.2. The fraction of sp³-hybridized carbons (Fsp3) is 0.474. The van der Waals surface area contributed by atoms with E-state index in [0.717, 1.165) is 25.6 Å². The van der Waals surface area contributed by atoms with Gasteiger partial charge in [-0.1, -0.05) is 51.0 Å². The van der Waals surface area contributed by atoms with Crippen molar-refractivity contribution in [2.45, 2.75) is 39.8 Å². The van der Waals surface area contributed by atoms with Crippen LogP contribution in [-0.4, -0.2) is 29.3 Å². The summed E-state index contributed by atoms with van der Waals surface area (Å²) in [6.07, 6.45) is 6.17. The van der Waals surface area contributed by atoms with Crippen LogP contribution in [0.15, 0.2) is 47.7 Å². The summed E-state index contributed by atoms with van der Waals surface area (Å²) in [6, 6.07) is 10.5. The number of nitrogens with zero attached hydrogens (tertiary/aromatic N) is 3. The maximum Gasteiger partial charge on any atom is 0.191 e. The molecule has 1 aromatic carbocycles. The normalized spacial score (nSPS) is 11.8. The van der Waals surface area contributed by atoms with E-state index >= 15 is 0 Å². The first-order valence-electron chi connectivity index (χ1n) is 8.74. The molecule has 24 heavy (non-hydrogen) atoms. The fourth-order valence-electron chi connectivity index (χ4n) is 2.64. The maximum absolute atomic E-state index is 4.31. The largest absolute Gasteiger partial charge is 0.356 e. The van der Waals surface area contributed by atoms with Crippen molar-refractivity contribution in [3.63, 3.8) is 0 Å².